The zero-order valence-corrected chi connectivity index (χ0v) is 11.9. The molecule has 1 atom stereocenters. The van der Waals surface area contributed by atoms with Crippen LogP contribution in [0.4, 0.5) is 0 Å². The van der Waals surface area contributed by atoms with Gasteiger partial charge in [0.05, 0.1) is 5.41 Å². The Bertz CT molecular complexity index is 438. The molecule has 2 N–H and O–H groups in total. The summed E-state index contributed by atoms with van der Waals surface area (Å²) in [4.78, 5) is 11.2. The molecule has 0 saturated carbocycles. The minimum atomic E-state index is -0.756. The molecule has 0 aliphatic rings. The van der Waals surface area contributed by atoms with Crippen molar-refractivity contribution in [1.82, 2.24) is 5.32 Å². The fourth-order valence-corrected chi connectivity index (χ4v) is 2.10. The van der Waals surface area contributed by atoms with Crippen LogP contribution >= 0.6 is 0 Å². The Hall–Kier alpha value is -1.35. The number of carboxylic acid groups (broad SMARTS) is 1. The maximum Gasteiger partial charge on any atom is 0.309 e. The highest BCUT2D eigenvalue weighted by atomic mass is 16.4. The Kier molecular flexibility index (Phi) is 4.52. The van der Waals surface area contributed by atoms with Crippen molar-refractivity contribution in [2.45, 2.75) is 40.2 Å². The number of carboxylic acids is 1. The van der Waals surface area contributed by atoms with E-state index in [1.807, 2.05) is 7.05 Å². The molecule has 1 unspecified atom stereocenters. The van der Waals surface area contributed by atoms with Gasteiger partial charge in [0.15, 0.2) is 0 Å². The SMILES string of the molecule is CNC(CC(C)(C)C(=O)O)c1cc(C)ccc1C. The second kappa shape index (κ2) is 5.53. The van der Waals surface area contributed by atoms with Gasteiger partial charge >= 0.3 is 5.97 Å². The molecule has 0 radical (unpaired) electrons. The first-order chi connectivity index (χ1) is 8.27. The number of hydrogen-bond acceptors (Lipinski definition) is 2. The predicted octanol–water partition coefficient (Wildman–Crippen LogP) is 3.06. The summed E-state index contributed by atoms with van der Waals surface area (Å²) in [6, 6.07) is 6.36. The number of carbonyl (C=O) groups is 1. The van der Waals surface area contributed by atoms with Gasteiger partial charge in [-0.05, 0) is 52.3 Å². The lowest BCUT2D eigenvalue weighted by Crippen LogP contribution is -2.30. The molecule has 0 fully saturated rings. The zero-order valence-electron chi connectivity index (χ0n) is 11.9. The second-order valence-corrected chi connectivity index (χ2v) is 5.59. The molecule has 0 aliphatic carbocycles. The van der Waals surface area contributed by atoms with Gasteiger partial charge in [0.25, 0.3) is 0 Å². The molecule has 3 nitrogen and oxygen atoms in total. The molecule has 3 heteroatoms. The molecule has 0 bridgehead atoms. The van der Waals surface area contributed by atoms with Crippen molar-refractivity contribution < 1.29 is 9.90 Å². The minimum absolute atomic E-state index is 0.0657. The molecule has 100 valence electrons. The molecule has 0 heterocycles. The number of nitrogens with one attached hydrogen (secondary N) is 1. The molecule has 0 amide bonds. The maximum atomic E-state index is 11.2. The summed E-state index contributed by atoms with van der Waals surface area (Å²) in [5.74, 6) is -0.756. The van der Waals surface area contributed by atoms with Crippen molar-refractivity contribution in [2.24, 2.45) is 5.41 Å². The summed E-state index contributed by atoms with van der Waals surface area (Å²) >= 11 is 0. The lowest BCUT2D eigenvalue weighted by atomic mass is 9.82. The fraction of sp³-hybridized carbons (Fsp3) is 0.533. The highest BCUT2D eigenvalue weighted by Gasteiger charge is 2.31. The van der Waals surface area contributed by atoms with Crippen LogP contribution in [0, 0.1) is 19.3 Å². The summed E-state index contributed by atoms with van der Waals surface area (Å²) in [5, 5.41) is 12.5. The first kappa shape index (κ1) is 14.7. The van der Waals surface area contributed by atoms with E-state index in [4.69, 9.17) is 0 Å². The lowest BCUT2D eigenvalue weighted by molar-refractivity contribution is -0.147. The number of aliphatic carboxylic acids is 1. The Morgan fingerprint density at radius 2 is 2.00 bits per heavy atom. The number of benzene rings is 1. The van der Waals surface area contributed by atoms with Crippen LogP contribution in [-0.2, 0) is 4.79 Å². The van der Waals surface area contributed by atoms with Crippen molar-refractivity contribution >= 4 is 5.97 Å². The van der Waals surface area contributed by atoms with E-state index in [0.29, 0.717) is 6.42 Å². The van der Waals surface area contributed by atoms with Crippen LogP contribution in [-0.4, -0.2) is 18.1 Å². The molecule has 0 saturated heterocycles. The van der Waals surface area contributed by atoms with E-state index in [2.05, 4.69) is 37.4 Å². The van der Waals surface area contributed by atoms with Crippen LogP contribution in [0.5, 0.6) is 0 Å². The predicted molar refractivity (Wildman–Crippen MR) is 73.8 cm³/mol. The Morgan fingerprint density at radius 3 is 2.50 bits per heavy atom. The Labute approximate surface area is 109 Å². The van der Waals surface area contributed by atoms with Gasteiger partial charge < -0.3 is 10.4 Å². The summed E-state index contributed by atoms with van der Waals surface area (Å²) in [7, 11) is 1.88. The molecule has 1 aromatic rings. The van der Waals surface area contributed by atoms with E-state index in [1.165, 1.54) is 16.7 Å². The molecule has 1 rings (SSSR count). The average Bonchev–Trinajstić information content (AvgIpc) is 2.29. The standard InChI is InChI=1S/C15H23NO2/c1-10-6-7-11(2)12(8-10)13(16-5)9-15(3,4)14(17)18/h6-8,13,16H,9H2,1-5H3,(H,17,18). The van der Waals surface area contributed by atoms with Crippen molar-refractivity contribution in [3.8, 4) is 0 Å². The number of rotatable bonds is 5. The average molecular weight is 249 g/mol. The topological polar surface area (TPSA) is 49.3 Å². The van der Waals surface area contributed by atoms with Gasteiger partial charge in [0.2, 0.25) is 0 Å². The molecule has 0 spiro atoms. The second-order valence-electron chi connectivity index (χ2n) is 5.59. The van der Waals surface area contributed by atoms with Crippen molar-refractivity contribution in [3.63, 3.8) is 0 Å². The summed E-state index contributed by atoms with van der Waals surface area (Å²) in [5.41, 5.74) is 2.85. The van der Waals surface area contributed by atoms with Crippen molar-refractivity contribution in [3.05, 3.63) is 34.9 Å². The Balaban J connectivity index is 3.03. The Morgan fingerprint density at radius 1 is 1.39 bits per heavy atom. The van der Waals surface area contributed by atoms with Crippen LogP contribution < -0.4 is 5.32 Å². The normalized spacial score (nSPS) is 13.4. The monoisotopic (exact) mass is 249 g/mol. The van der Waals surface area contributed by atoms with Crippen molar-refractivity contribution in [1.29, 1.82) is 0 Å². The fourth-order valence-electron chi connectivity index (χ4n) is 2.10. The summed E-state index contributed by atoms with van der Waals surface area (Å²) in [6.45, 7) is 7.65. The first-order valence-electron chi connectivity index (χ1n) is 6.25. The highest BCUT2D eigenvalue weighted by Crippen LogP contribution is 2.31. The van der Waals surface area contributed by atoms with Gasteiger partial charge in [0.1, 0.15) is 0 Å². The van der Waals surface area contributed by atoms with Gasteiger partial charge in [-0.3, -0.25) is 4.79 Å². The van der Waals surface area contributed by atoms with Crippen LogP contribution in [0.25, 0.3) is 0 Å². The summed E-state index contributed by atoms with van der Waals surface area (Å²) < 4.78 is 0. The molecule has 0 aliphatic heterocycles. The van der Waals surface area contributed by atoms with Gasteiger partial charge in [-0.1, -0.05) is 23.8 Å². The zero-order chi connectivity index (χ0) is 13.9. The molecular formula is C15H23NO2. The molecule has 18 heavy (non-hydrogen) atoms. The molecular weight excluding hydrogens is 226 g/mol. The van der Waals surface area contributed by atoms with Gasteiger partial charge in [-0.25, -0.2) is 0 Å². The third-order valence-electron chi connectivity index (χ3n) is 3.45. The van der Waals surface area contributed by atoms with E-state index < -0.39 is 11.4 Å². The van der Waals surface area contributed by atoms with Crippen LogP contribution in [0.3, 0.4) is 0 Å². The van der Waals surface area contributed by atoms with E-state index in [0.717, 1.165) is 0 Å². The van der Waals surface area contributed by atoms with Crippen molar-refractivity contribution in [2.75, 3.05) is 7.05 Å². The lowest BCUT2D eigenvalue weighted by Gasteiger charge is -2.27. The van der Waals surface area contributed by atoms with Gasteiger partial charge in [0, 0.05) is 6.04 Å². The van der Waals surface area contributed by atoms with E-state index >= 15 is 0 Å². The van der Waals surface area contributed by atoms with Crippen LogP contribution in [0.2, 0.25) is 0 Å². The smallest absolute Gasteiger partial charge is 0.309 e. The third kappa shape index (κ3) is 3.33. The van der Waals surface area contributed by atoms with Gasteiger partial charge in [-0.15, -0.1) is 0 Å². The third-order valence-corrected chi connectivity index (χ3v) is 3.45. The highest BCUT2D eigenvalue weighted by molar-refractivity contribution is 5.73. The minimum Gasteiger partial charge on any atom is -0.481 e. The molecule has 1 aromatic carbocycles. The van der Waals surface area contributed by atoms with E-state index in [1.54, 1.807) is 13.8 Å². The van der Waals surface area contributed by atoms with Crippen LogP contribution in [0.1, 0.15) is 43.0 Å². The molecule has 0 aromatic heterocycles. The summed E-state index contributed by atoms with van der Waals surface area (Å²) in [6.07, 6.45) is 0.573. The largest absolute Gasteiger partial charge is 0.481 e. The number of aryl methyl sites for hydroxylation is 2. The van der Waals surface area contributed by atoms with Gasteiger partial charge in [-0.2, -0.15) is 0 Å². The van der Waals surface area contributed by atoms with E-state index in [9.17, 15) is 9.90 Å². The maximum absolute atomic E-state index is 11.2. The van der Waals surface area contributed by atoms with E-state index in [-0.39, 0.29) is 6.04 Å². The first-order valence-corrected chi connectivity index (χ1v) is 6.25. The quantitative estimate of drug-likeness (QED) is 0.843. The number of hydrogen-bond donors (Lipinski definition) is 2. The van der Waals surface area contributed by atoms with Crippen LogP contribution in [0.15, 0.2) is 18.2 Å².